The predicted octanol–water partition coefficient (Wildman–Crippen LogP) is 10.6. The number of amides is 1. The highest BCUT2D eigenvalue weighted by Gasteiger charge is 2.62. The van der Waals surface area contributed by atoms with Gasteiger partial charge in [-0.3, -0.25) is 0 Å². The number of aliphatic hydroxyl groups is 1. The Morgan fingerprint density at radius 3 is 1.75 bits per heavy atom. The van der Waals surface area contributed by atoms with Gasteiger partial charge in [0, 0.05) is 16.4 Å². The molecular weight excluding hydrogens is 1110 g/mol. The predicted molar refractivity (Wildman–Crippen MR) is 317 cm³/mol. The average molecular weight is 1180 g/mol. The van der Waals surface area contributed by atoms with Gasteiger partial charge in [0.2, 0.25) is 5.72 Å². The van der Waals surface area contributed by atoms with E-state index in [0.29, 0.717) is 5.56 Å². The van der Waals surface area contributed by atoms with Gasteiger partial charge in [0.25, 0.3) is 0 Å². The number of nitrogens with zero attached hydrogens (tertiary/aromatic N) is 3. The first-order valence-corrected chi connectivity index (χ1v) is 28.9. The molecule has 87 heavy (non-hydrogen) atoms. The van der Waals surface area contributed by atoms with Crippen molar-refractivity contribution in [3.8, 4) is 11.1 Å². The maximum Gasteiger partial charge on any atom is 0.407 e. The molecule has 4 aliphatic rings. The van der Waals surface area contributed by atoms with Crippen LogP contribution < -0.4 is 5.32 Å². The molecule has 0 aromatic heterocycles. The quantitative estimate of drug-likeness (QED) is 0.0169. The van der Waals surface area contributed by atoms with Crippen LogP contribution in [0.2, 0.25) is 0 Å². The monoisotopic (exact) mass is 1180 g/mol. The third-order valence-electron chi connectivity index (χ3n) is 15.5. The summed E-state index contributed by atoms with van der Waals surface area (Å²) in [5.41, 5.74) is 15.8. The standard InChI is InChI=1S/C68H68N4O15/c1-2-36-77-63(73)55(70-67(74)83-41-54-52-34-20-18-32-50(52)51-33-19-21-35-53(51)54)42-82-66-68(75,71-72-69)62(59-57(85-66)44-81-64(86-59)49-30-16-7-17-31-49)87-65-61(80-40-48-28-14-6-15-29-48)60(79-39-47-26-12-5-13-27-47)58(78-38-46-24-10-4-11-25-46)56(84-65)43-76-37-45-22-8-3-9-23-45/h2-35,54-62,64-66,75H,1,36-44H2,(H,70,74)/t55-,56+,57+,58+,59-,60-,61+,62-,64?,65+,66-,68+/m0/s1. The van der Waals surface area contributed by atoms with Crippen LogP contribution in [0.1, 0.15) is 51.2 Å². The van der Waals surface area contributed by atoms with E-state index < -0.39 is 92.0 Å². The molecule has 0 saturated carbocycles. The van der Waals surface area contributed by atoms with E-state index in [2.05, 4.69) is 21.9 Å². The number of ether oxygens (including phenoxy) is 12. The van der Waals surface area contributed by atoms with Crippen molar-refractivity contribution in [1.82, 2.24) is 5.32 Å². The van der Waals surface area contributed by atoms with Crippen LogP contribution in [0, 0.1) is 0 Å². The Morgan fingerprint density at radius 2 is 1.17 bits per heavy atom. The number of carbonyl (C=O) groups excluding carboxylic acids is 2. The van der Waals surface area contributed by atoms with Gasteiger partial charge in [-0.05, 0) is 50.0 Å². The summed E-state index contributed by atoms with van der Waals surface area (Å²) in [7, 11) is 0. The van der Waals surface area contributed by atoms with E-state index >= 15 is 0 Å². The van der Waals surface area contributed by atoms with Crippen LogP contribution in [-0.2, 0) is 88.1 Å². The highest BCUT2D eigenvalue weighted by molar-refractivity contribution is 5.82. The average Bonchev–Trinajstić information content (AvgIpc) is 1.44. The van der Waals surface area contributed by atoms with Crippen LogP contribution in [0.3, 0.4) is 0 Å². The van der Waals surface area contributed by atoms with Crippen molar-refractivity contribution in [3.05, 3.63) is 262 Å². The molecule has 19 heteroatoms. The van der Waals surface area contributed by atoms with Gasteiger partial charge in [-0.15, -0.1) is 0 Å². The Morgan fingerprint density at radius 1 is 0.644 bits per heavy atom. The number of benzene rings is 7. The minimum atomic E-state index is -2.86. The second-order valence-electron chi connectivity index (χ2n) is 21.3. The molecule has 1 unspecified atom stereocenters. The van der Waals surface area contributed by atoms with Crippen LogP contribution in [0.25, 0.3) is 21.6 Å². The van der Waals surface area contributed by atoms with Gasteiger partial charge in [0.1, 0.15) is 55.9 Å². The summed E-state index contributed by atoms with van der Waals surface area (Å²) in [5, 5.41) is 19.9. The van der Waals surface area contributed by atoms with Crippen LogP contribution >= 0.6 is 0 Å². The van der Waals surface area contributed by atoms with E-state index in [1.807, 2.05) is 200 Å². The van der Waals surface area contributed by atoms with Crippen LogP contribution in [0.15, 0.2) is 218 Å². The van der Waals surface area contributed by atoms with Gasteiger partial charge in [-0.25, -0.2) is 9.59 Å². The van der Waals surface area contributed by atoms with Crippen LogP contribution in [0.4, 0.5) is 4.79 Å². The van der Waals surface area contributed by atoms with Gasteiger partial charge < -0.3 is 67.3 Å². The number of azide groups is 1. The molecule has 0 spiro atoms. The fourth-order valence-electron chi connectivity index (χ4n) is 11.2. The lowest BCUT2D eigenvalue weighted by molar-refractivity contribution is -0.417. The lowest BCUT2D eigenvalue weighted by Crippen LogP contribution is -2.71. The SMILES string of the molecule is C=CCOC(=O)[C@H](CO[C@H]1O[C@@H]2COC(c3ccccc3)O[C@@H]2[C@H](O[C@H]2O[C@H](COCc3ccccc3)[C@@H](OCc3ccccc3)[C@H](OCc3ccccc3)[C@H]2OCc2ccccc2)[C@]1(O)N=[N+]=[N-])NC(=O)OCC1c2ccccc2-c2ccccc21. The molecule has 1 amide bonds. The van der Waals surface area contributed by atoms with E-state index in [9.17, 15) is 20.2 Å². The molecule has 1 aliphatic carbocycles. The van der Waals surface area contributed by atoms with Gasteiger partial charge in [0.15, 0.2) is 24.9 Å². The largest absolute Gasteiger partial charge is 0.460 e. The molecule has 11 rings (SSSR count). The number of hydrogen-bond donors (Lipinski definition) is 2. The Hall–Kier alpha value is -8.11. The molecule has 0 bridgehead atoms. The minimum absolute atomic E-state index is 0.0348. The number of carbonyl (C=O) groups is 2. The Bertz CT molecular complexity index is 3340. The molecule has 450 valence electrons. The number of nitrogens with one attached hydrogen (secondary N) is 1. The lowest BCUT2D eigenvalue weighted by Gasteiger charge is -2.53. The molecule has 3 fully saturated rings. The molecule has 19 nitrogen and oxygen atoms in total. The molecular formula is C68H68N4O15. The minimum Gasteiger partial charge on any atom is -0.460 e. The first kappa shape index (κ1) is 60.6. The lowest BCUT2D eigenvalue weighted by atomic mass is 9.92. The number of alkyl carbamates (subject to hydrolysis) is 1. The number of rotatable bonds is 26. The highest BCUT2D eigenvalue weighted by Crippen LogP contribution is 2.46. The zero-order valence-corrected chi connectivity index (χ0v) is 47.6. The van der Waals surface area contributed by atoms with Crippen molar-refractivity contribution in [2.45, 2.75) is 106 Å². The van der Waals surface area contributed by atoms with Gasteiger partial charge in [-0.2, -0.15) is 0 Å². The number of esters is 1. The fourth-order valence-corrected chi connectivity index (χ4v) is 11.2. The fraction of sp³-hybridized carbons (Fsp3) is 0.324. The second-order valence-corrected chi connectivity index (χ2v) is 21.3. The maximum atomic E-state index is 13.9. The Balaban J connectivity index is 0.930. The summed E-state index contributed by atoms with van der Waals surface area (Å²) in [6.45, 7) is 2.96. The molecule has 2 N–H and O–H groups in total. The summed E-state index contributed by atoms with van der Waals surface area (Å²) < 4.78 is 78.8. The molecule has 3 aliphatic heterocycles. The van der Waals surface area contributed by atoms with Gasteiger partial charge >= 0.3 is 12.1 Å². The third-order valence-corrected chi connectivity index (χ3v) is 15.5. The van der Waals surface area contributed by atoms with Crippen LogP contribution in [0.5, 0.6) is 0 Å². The molecule has 0 radical (unpaired) electrons. The molecule has 7 aromatic carbocycles. The molecule has 7 aromatic rings. The third kappa shape index (κ3) is 14.8. The molecule has 12 atom stereocenters. The highest BCUT2D eigenvalue weighted by atomic mass is 16.8. The summed E-state index contributed by atoms with van der Waals surface area (Å²) in [4.78, 5) is 30.9. The summed E-state index contributed by atoms with van der Waals surface area (Å²) in [5.74, 6) is -1.23. The van der Waals surface area contributed by atoms with E-state index in [0.717, 1.165) is 44.5 Å². The van der Waals surface area contributed by atoms with Crippen molar-refractivity contribution < 1.29 is 71.5 Å². The second kappa shape index (κ2) is 29.5. The van der Waals surface area contributed by atoms with Crippen LogP contribution in [-0.4, -0.2) is 117 Å². The molecule has 3 heterocycles. The zero-order chi connectivity index (χ0) is 59.8. The normalized spacial score (nSPS) is 25.1. The van der Waals surface area contributed by atoms with Crippen molar-refractivity contribution in [1.29, 1.82) is 0 Å². The first-order chi connectivity index (χ1) is 42.8. The first-order valence-electron chi connectivity index (χ1n) is 28.9. The van der Waals surface area contributed by atoms with Gasteiger partial charge in [0.05, 0.1) is 46.2 Å². The van der Waals surface area contributed by atoms with E-state index in [1.54, 1.807) is 0 Å². The zero-order valence-electron chi connectivity index (χ0n) is 47.6. The van der Waals surface area contributed by atoms with Crippen molar-refractivity contribution in [2.24, 2.45) is 5.11 Å². The van der Waals surface area contributed by atoms with Gasteiger partial charge in [-0.1, -0.05) is 218 Å². The number of fused-ring (bicyclic) bond motifs is 4. The Kier molecular flexibility index (Phi) is 20.6. The maximum absolute atomic E-state index is 13.9. The van der Waals surface area contributed by atoms with E-state index in [-0.39, 0.29) is 58.8 Å². The topological polar surface area (TPSA) is 226 Å². The summed E-state index contributed by atoms with van der Waals surface area (Å²) >= 11 is 0. The summed E-state index contributed by atoms with van der Waals surface area (Å²) in [6, 6.07) is 61.8. The smallest absolute Gasteiger partial charge is 0.407 e. The van der Waals surface area contributed by atoms with Crippen molar-refractivity contribution in [2.75, 3.05) is 33.0 Å². The van der Waals surface area contributed by atoms with E-state index in [1.165, 1.54) is 6.08 Å². The Labute approximate surface area is 504 Å². The van der Waals surface area contributed by atoms with Crippen molar-refractivity contribution in [3.63, 3.8) is 0 Å². The summed E-state index contributed by atoms with van der Waals surface area (Å²) in [6.07, 6.45) is -12.2. The molecule has 3 saturated heterocycles. The van der Waals surface area contributed by atoms with E-state index in [4.69, 9.17) is 56.8 Å². The number of hydrogen-bond acceptors (Lipinski definition) is 16. The van der Waals surface area contributed by atoms with Crippen molar-refractivity contribution >= 4 is 12.1 Å².